The van der Waals surface area contributed by atoms with Crippen molar-refractivity contribution < 1.29 is 4.74 Å². The van der Waals surface area contributed by atoms with Gasteiger partial charge in [-0.05, 0) is 56.1 Å². The summed E-state index contributed by atoms with van der Waals surface area (Å²) in [6.45, 7) is 7.52. The molecule has 1 aromatic heterocycles. The Morgan fingerprint density at radius 3 is 2.40 bits per heavy atom. The monoisotopic (exact) mass is 289 g/mol. The number of benzene rings is 1. The number of nitrogens with one attached hydrogen (secondary N) is 1. The summed E-state index contributed by atoms with van der Waals surface area (Å²) in [6, 6.07) is 11.1. The van der Waals surface area contributed by atoms with Crippen LogP contribution in [0.15, 0.2) is 30.3 Å². The normalized spacial score (nSPS) is 12.4. The van der Waals surface area contributed by atoms with E-state index in [1.165, 1.54) is 20.9 Å². The average Bonchev–Trinajstić information content (AvgIpc) is 2.79. The largest absolute Gasteiger partial charge is 0.497 e. The van der Waals surface area contributed by atoms with Crippen LogP contribution in [0, 0.1) is 13.8 Å². The van der Waals surface area contributed by atoms with E-state index < -0.39 is 0 Å². The Bertz CT molecular complexity index is 525. The molecule has 1 unspecified atom stereocenters. The number of ether oxygens (including phenoxy) is 1. The molecule has 0 aliphatic heterocycles. The molecule has 2 nitrogen and oxygen atoms in total. The maximum atomic E-state index is 5.21. The zero-order chi connectivity index (χ0) is 14.5. The maximum absolute atomic E-state index is 5.21. The van der Waals surface area contributed by atoms with Crippen LogP contribution in [-0.2, 0) is 6.42 Å². The van der Waals surface area contributed by atoms with E-state index >= 15 is 0 Å². The fraction of sp³-hybridized carbons (Fsp3) is 0.412. The molecule has 0 bridgehead atoms. The second-order valence-electron chi connectivity index (χ2n) is 5.05. The third-order valence-electron chi connectivity index (χ3n) is 3.58. The molecule has 1 atom stereocenters. The van der Waals surface area contributed by atoms with Crippen LogP contribution in [0.25, 0.3) is 0 Å². The van der Waals surface area contributed by atoms with E-state index in [1.54, 1.807) is 7.11 Å². The first kappa shape index (κ1) is 15.1. The van der Waals surface area contributed by atoms with E-state index in [-0.39, 0.29) is 0 Å². The van der Waals surface area contributed by atoms with E-state index in [4.69, 9.17) is 4.74 Å². The summed E-state index contributed by atoms with van der Waals surface area (Å²) in [5.74, 6) is 0.913. The van der Waals surface area contributed by atoms with Crippen LogP contribution in [0.3, 0.4) is 0 Å². The van der Waals surface area contributed by atoms with Gasteiger partial charge in [0.25, 0.3) is 0 Å². The zero-order valence-corrected chi connectivity index (χ0v) is 13.5. The van der Waals surface area contributed by atoms with Crippen molar-refractivity contribution in [2.75, 3.05) is 13.7 Å². The number of likely N-dealkylation sites (N-methyl/N-ethyl adjacent to an activating group) is 1. The van der Waals surface area contributed by atoms with Gasteiger partial charge in [0.05, 0.1) is 7.11 Å². The molecule has 0 saturated heterocycles. The number of aryl methyl sites for hydroxylation is 2. The van der Waals surface area contributed by atoms with Crippen LogP contribution < -0.4 is 10.1 Å². The summed E-state index contributed by atoms with van der Waals surface area (Å²) in [6.07, 6.45) is 1.01. The summed E-state index contributed by atoms with van der Waals surface area (Å²) in [5.41, 5.74) is 2.73. The summed E-state index contributed by atoms with van der Waals surface area (Å²) in [4.78, 5) is 2.84. The average molecular weight is 289 g/mol. The van der Waals surface area contributed by atoms with Crippen molar-refractivity contribution in [3.05, 3.63) is 51.2 Å². The first-order valence-electron chi connectivity index (χ1n) is 7.07. The Labute approximate surface area is 125 Å². The first-order valence-corrected chi connectivity index (χ1v) is 7.89. The number of hydrogen-bond acceptors (Lipinski definition) is 3. The van der Waals surface area contributed by atoms with E-state index in [2.05, 4.69) is 44.3 Å². The minimum atomic E-state index is 0.394. The van der Waals surface area contributed by atoms with Crippen LogP contribution in [-0.4, -0.2) is 13.7 Å². The van der Waals surface area contributed by atoms with Crippen LogP contribution in [0.4, 0.5) is 0 Å². The summed E-state index contributed by atoms with van der Waals surface area (Å²) >= 11 is 1.90. The molecule has 1 N–H and O–H groups in total. The molecule has 0 saturated carbocycles. The highest BCUT2D eigenvalue weighted by molar-refractivity contribution is 7.12. The SMILES string of the molecule is CCNC(Cc1ccc(OC)cc1)c1cc(C)c(C)s1. The topological polar surface area (TPSA) is 21.3 Å². The Morgan fingerprint density at radius 1 is 1.20 bits per heavy atom. The number of rotatable bonds is 6. The molecule has 20 heavy (non-hydrogen) atoms. The number of methoxy groups -OCH3 is 1. The lowest BCUT2D eigenvalue weighted by molar-refractivity contribution is 0.414. The van der Waals surface area contributed by atoms with Gasteiger partial charge in [-0.2, -0.15) is 0 Å². The van der Waals surface area contributed by atoms with Gasteiger partial charge in [-0.1, -0.05) is 19.1 Å². The molecular formula is C17H23NOS. The molecular weight excluding hydrogens is 266 g/mol. The highest BCUT2D eigenvalue weighted by atomic mass is 32.1. The fourth-order valence-electron chi connectivity index (χ4n) is 2.29. The van der Waals surface area contributed by atoms with Crippen molar-refractivity contribution in [2.45, 2.75) is 33.2 Å². The lowest BCUT2D eigenvalue weighted by Crippen LogP contribution is -2.22. The van der Waals surface area contributed by atoms with Gasteiger partial charge in [-0.3, -0.25) is 0 Å². The molecule has 0 amide bonds. The molecule has 2 rings (SSSR count). The van der Waals surface area contributed by atoms with Gasteiger partial charge in [0.1, 0.15) is 5.75 Å². The van der Waals surface area contributed by atoms with Gasteiger partial charge >= 0.3 is 0 Å². The third kappa shape index (κ3) is 3.62. The van der Waals surface area contributed by atoms with Crippen LogP contribution in [0.5, 0.6) is 5.75 Å². The number of hydrogen-bond donors (Lipinski definition) is 1. The van der Waals surface area contributed by atoms with Gasteiger partial charge in [-0.15, -0.1) is 11.3 Å². The van der Waals surface area contributed by atoms with Crippen molar-refractivity contribution in [1.82, 2.24) is 5.32 Å². The van der Waals surface area contributed by atoms with E-state index in [0.717, 1.165) is 18.7 Å². The zero-order valence-electron chi connectivity index (χ0n) is 12.7. The summed E-state index contributed by atoms with van der Waals surface area (Å²) < 4.78 is 5.21. The minimum Gasteiger partial charge on any atom is -0.497 e. The van der Waals surface area contributed by atoms with Crippen molar-refractivity contribution in [3.8, 4) is 5.75 Å². The minimum absolute atomic E-state index is 0.394. The quantitative estimate of drug-likeness (QED) is 0.857. The second-order valence-corrected chi connectivity index (χ2v) is 6.34. The molecule has 108 valence electrons. The Balaban J connectivity index is 2.15. The molecule has 1 aromatic carbocycles. The number of thiophene rings is 1. The van der Waals surface area contributed by atoms with E-state index in [1.807, 2.05) is 23.5 Å². The van der Waals surface area contributed by atoms with Gasteiger partial charge in [0.15, 0.2) is 0 Å². The highest BCUT2D eigenvalue weighted by Gasteiger charge is 2.14. The van der Waals surface area contributed by atoms with Crippen LogP contribution in [0.2, 0.25) is 0 Å². The second kappa shape index (κ2) is 6.91. The van der Waals surface area contributed by atoms with Crippen molar-refractivity contribution in [1.29, 1.82) is 0 Å². The molecule has 1 heterocycles. The molecule has 3 heteroatoms. The fourth-order valence-corrected chi connectivity index (χ4v) is 3.41. The summed E-state index contributed by atoms with van der Waals surface area (Å²) in [5, 5.41) is 3.60. The lowest BCUT2D eigenvalue weighted by Gasteiger charge is -2.16. The lowest BCUT2D eigenvalue weighted by atomic mass is 10.0. The van der Waals surface area contributed by atoms with Crippen molar-refractivity contribution in [2.24, 2.45) is 0 Å². The van der Waals surface area contributed by atoms with Crippen molar-refractivity contribution >= 4 is 11.3 Å². The Hall–Kier alpha value is -1.32. The molecule has 0 radical (unpaired) electrons. The van der Waals surface area contributed by atoms with Gasteiger partial charge in [0.2, 0.25) is 0 Å². The third-order valence-corrected chi connectivity index (χ3v) is 4.84. The van der Waals surface area contributed by atoms with E-state index in [9.17, 15) is 0 Å². The van der Waals surface area contributed by atoms with Crippen molar-refractivity contribution in [3.63, 3.8) is 0 Å². The van der Waals surface area contributed by atoms with Crippen LogP contribution >= 0.6 is 11.3 Å². The van der Waals surface area contributed by atoms with Gasteiger partial charge < -0.3 is 10.1 Å². The predicted octanol–water partition coefficient (Wildman–Crippen LogP) is 4.27. The first-order chi connectivity index (χ1) is 9.63. The Kier molecular flexibility index (Phi) is 5.21. The van der Waals surface area contributed by atoms with Gasteiger partial charge in [0, 0.05) is 15.8 Å². The van der Waals surface area contributed by atoms with E-state index in [0.29, 0.717) is 6.04 Å². The smallest absolute Gasteiger partial charge is 0.118 e. The highest BCUT2D eigenvalue weighted by Crippen LogP contribution is 2.29. The molecule has 0 aliphatic rings. The predicted molar refractivity (Wildman–Crippen MR) is 86.9 cm³/mol. The molecule has 0 fully saturated rings. The molecule has 0 spiro atoms. The standard InChI is InChI=1S/C17H23NOS/c1-5-18-16(17-10-12(2)13(3)20-17)11-14-6-8-15(19-4)9-7-14/h6-10,16,18H,5,11H2,1-4H3. The van der Waals surface area contributed by atoms with Crippen LogP contribution in [0.1, 0.15) is 33.8 Å². The molecule has 0 aliphatic carbocycles. The summed E-state index contributed by atoms with van der Waals surface area (Å²) in [7, 11) is 1.70. The Morgan fingerprint density at radius 2 is 1.90 bits per heavy atom. The van der Waals surface area contributed by atoms with Gasteiger partial charge in [-0.25, -0.2) is 0 Å². The maximum Gasteiger partial charge on any atom is 0.118 e. The molecule has 2 aromatic rings.